The van der Waals surface area contributed by atoms with Crippen LogP contribution in [0, 0.1) is 11.2 Å². The Morgan fingerprint density at radius 3 is 2.37 bits per heavy atom. The van der Waals surface area contributed by atoms with E-state index in [9.17, 15) is 9.18 Å². The molecule has 0 spiro atoms. The summed E-state index contributed by atoms with van der Waals surface area (Å²) in [6.45, 7) is 10.3. The summed E-state index contributed by atoms with van der Waals surface area (Å²) in [7, 11) is 0. The van der Waals surface area contributed by atoms with Gasteiger partial charge in [0.2, 0.25) is 0 Å². The van der Waals surface area contributed by atoms with Crippen LogP contribution < -0.4 is 10.6 Å². The summed E-state index contributed by atoms with van der Waals surface area (Å²) in [6.07, 6.45) is 0.844. The van der Waals surface area contributed by atoms with Crippen molar-refractivity contribution in [2.75, 3.05) is 5.32 Å². The summed E-state index contributed by atoms with van der Waals surface area (Å²) in [5.41, 5.74) is 0.245. The Kier molecular flexibility index (Phi) is 4.56. The fourth-order valence-corrected chi connectivity index (χ4v) is 2.41. The van der Waals surface area contributed by atoms with Crippen molar-refractivity contribution in [2.24, 2.45) is 5.41 Å². The van der Waals surface area contributed by atoms with Crippen LogP contribution in [0.1, 0.15) is 41.0 Å². The highest BCUT2D eigenvalue weighted by molar-refractivity contribution is 5.89. The summed E-state index contributed by atoms with van der Waals surface area (Å²) < 4.78 is 13.0. The van der Waals surface area contributed by atoms with Crippen molar-refractivity contribution in [3.05, 3.63) is 30.1 Å². The normalized spacial score (nSPS) is 12.1. The van der Waals surface area contributed by atoms with Gasteiger partial charge >= 0.3 is 6.03 Å². The van der Waals surface area contributed by atoms with Gasteiger partial charge in [-0.05, 0) is 43.9 Å². The van der Waals surface area contributed by atoms with Crippen molar-refractivity contribution in [3.63, 3.8) is 0 Å². The highest BCUT2D eigenvalue weighted by atomic mass is 19.1. The summed E-state index contributed by atoms with van der Waals surface area (Å²) in [6, 6.07) is 5.52. The van der Waals surface area contributed by atoms with Crippen LogP contribution in [0.4, 0.5) is 14.9 Å². The maximum Gasteiger partial charge on any atom is 0.319 e. The number of amides is 2. The molecule has 0 radical (unpaired) electrons. The fourth-order valence-electron chi connectivity index (χ4n) is 2.41. The predicted octanol–water partition coefficient (Wildman–Crippen LogP) is 4.16. The van der Waals surface area contributed by atoms with Crippen molar-refractivity contribution in [1.82, 2.24) is 5.32 Å². The van der Waals surface area contributed by atoms with Crippen molar-refractivity contribution in [1.29, 1.82) is 0 Å². The lowest BCUT2D eigenvalue weighted by atomic mass is 9.82. The van der Waals surface area contributed by atoms with Gasteiger partial charge < -0.3 is 10.6 Å². The van der Waals surface area contributed by atoms with Gasteiger partial charge in [-0.1, -0.05) is 26.8 Å². The maximum absolute atomic E-state index is 13.0. The second-order valence-electron chi connectivity index (χ2n) is 6.71. The number of anilines is 1. The largest absolute Gasteiger partial charge is 0.333 e. The number of rotatable bonds is 3. The van der Waals surface area contributed by atoms with Gasteiger partial charge in [-0.3, -0.25) is 0 Å². The Morgan fingerprint density at radius 2 is 1.84 bits per heavy atom. The van der Waals surface area contributed by atoms with Gasteiger partial charge in [-0.2, -0.15) is 0 Å². The number of urea groups is 1. The van der Waals surface area contributed by atoms with E-state index in [4.69, 9.17) is 0 Å². The lowest BCUT2D eigenvalue weighted by Crippen LogP contribution is -2.47. The first-order valence-electron chi connectivity index (χ1n) is 6.42. The fraction of sp³-hybridized carbons (Fsp3) is 0.533. The molecule has 0 aromatic heterocycles. The van der Waals surface area contributed by atoms with E-state index in [1.54, 1.807) is 12.1 Å². The molecule has 0 atom stereocenters. The molecule has 0 bridgehead atoms. The Morgan fingerprint density at radius 1 is 1.21 bits per heavy atom. The molecule has 19 heavy (non-hydrogen) atoms. The molecule has 0 saturated carbocycles. The third-order valence-corrected chi connectivity index (χ3v) is 2.51. The van der Waals surface area contributed by atoms with E-state index in [1.807, 2.05) is 13.8 Å². The highest BCUT2D eigenvalue weighted by Gasteiger charge is 2.26. The van der Waals surface area contributed by atoms with E-state index in [2.05, 4.69) is 31.4 Å². The number of carbonyl (C=O) groups is 1. The van der Waals surface area contributed by atoms with Crippen LogP contribution in [-0.2, 0) is 0 Å². The van der Waals surface area contributed by atoms with Crippen molar-refractivity contribution in [3.8, 4) is 0 Å². The van der Waals surface area contributed by atoms with Crippen molar-refractivity contribution in [2.45, 2.75) is 46.6 Å². The third-order valence-electron chi connectivity index (χ3n) is 2.51. The second kappa shape index (κ2) is 5.59. The molecule has 1 rings (SSSR count). The highest BCUT2D eigenvalue weighted by Crippen LogP contribution is 2.26. The summed E-state index contributed by atoms with van der Waals surface area (Å²) >= 11 is 0. The molecule has 0 fully saturated rings. The van der Waals surface area contributed by atoms with Gasteiger partial charge in [-0.25, -0.2) is 9.18 Å². The molecule has 0 saturated heterocycles. The van der Waals surface area contributed by atoms with E-state index >= 15 is 0 Å². The molecular weight excluding hydrogens is 243 g/mol. The third kappa shape index (κ3) is 6.22. The Bertz CT molecular complexity index is 450. The summed E-state index contributed by atoms with van der Waals surface area (Å²) in [4.78, 5) is 11.9. The van der Waals surface area contributed by atoms with Crippen molar-refractivity contribution < 1.29 is 9.18 Å². The van der Waals surface area contributed by atoms with Crippen molar-refractivity contribution >= 4 is 11.7 Å². The Hall–Kier alpha value is -1.58. The maximum atomic E-state index is 13.0. The monoisotopic (exact) mass is 266 g/mol. The van der Waals surface area contributed by atoms with E-state index in [0.29, 0.717) is 5.69 Å². The van der Waals surface area contributed by atoms with Crippen LogP contribution in [0.25, 0.3) is 0 Å². The first-order chi connectivity index (χ1) is 8.57. The molecule has 2 amide bonds. The first-order valence-corrected chi connectivity index (χ1v) is 6.42. The second-order valence-corrected chi connectivity index (χ2v) is 6.71. The van der Waals surface area contributed by atoms with E-state index in [-0.39, 0.29) is 22.8 Å². The molecule has 1 aromatic rings. The smallest absolute Gasteiger partial charge is 0.319 e. The molecule has 1 aromatic carbocycles. The van der Waals surface area contributed by atoms with Crippen LogP contribution >= 0.6 is 0 Å². The summed E-state index contributed by atoms with van der Waals surface area (Å²) in [5, 5.41) is 5.54. The number of hydrogen-bond donors (Lipinski definition) is 2. The zero-order valence-electron chi connectivity index (χ0n) is 12.3. The lowest BCUT2D eigenvalue weighted by molar-refractivity contribution is 0.220. The number of nitrogens with one attached hydrogen (secondary N) is 2. The van der Waals surface area contributed by atoms with E-state index < -0.39 is 0 Å². The molecule has 3 nitrogen and oxygen atoms in total. The van der Waals surface area contributed by atoms with Gasteiger partial charge in [0.25, 0.3) is 0 Å². The number of benzene rings is 1. The molecule has 0 heterocycles. The lowest BCUT2D eigenvalue weighted by Gasteiger charge is -2.33. The molecule has 0 unspecified atom stereocenters. The molecule has 0 aliphatic rings. The molecule has 106 valence electrons. The van der Waals surface area contributed by atoms with Gasteiger partial charge in [-0.15, -0.1) is 0 Å². The quantitative estimate of drug-likeness (QED) is 0.847. The van der Waals surface area contributed by atoms with Crippen LogP contribution in [0.15, 0.2) is 24.3 Å². The molecule has 2 N–H and O–H groups in total. The van der Waals surface area contributed by atoms with E-state index in [0.717, 1.165) is 6.42 Å². The SMILES string of the molecule is CC(C)(C)CC(C)(C)NC(=O)Nc1cccc(F)c1. The van der Waals surface area contributed by atoms with Crippen LogP contribution in [0.2, 0.25) is 0 Å². The number of hydrogen-bond acceptors (Lipinski definition) is 1. The molecule has 0 aliphatic heterocycles. The van der Waals surface area contributed by atoms with Crippen LogP contribution in [-0.4, -0.2) is 11.6 Å². The standard InChI is InChI=1S/C15H23FN2O/c1-14(2,3)10-15(4,5)18-13(19)17-12-8-6-7-11(16)9-12/h6-9H,10H2,1-5H3,(H2,17,18,19). The van der Waals surface area contributed by atoms with Gasteiger partial charge in [0, 0.05) is 11.2 Å². The number of halogens is 1. The minimum Gasteiger partial charge on any atom is -0.333 e. The average molecular weight is 266 g/mol. The minimum absolute atomic E-state index is 0.121. The van der Waals surface area contributed by atoms with Crippen LogP contribution in [0.3, 0.4) is 0 Å². The van der Waals surface area contributed by atoms with Gasteiger partial charge in [0.05, 0.1) is 0 Å². The number of carbonyl (C=O) groups excluding carboxylic acids is 1. The minimum atomic E-state index is -0.369. The summed E-state index contributed by atoms with van der Waals surface area (Å²) in [5.74, 6) is -0.369. The zero-order chi connectivity index (χ0) is 14.7. The zero-order valence-corrected chi connectivity index (χ0v) is 12.3. The van der Waals surface area contributed by atoms with Gasteiger partial charge in [0.15, 0.2) is 0 Å². The molecule has 4 heteroatoms. The predicted molar refractivity (Wildman–Crippen MR) is 76.7 cm³/mol. The molecular formula is C15H23FN2O. The Balaban J connectivity index is 2.60. The average Bonchev–Trinajstić information content (AvgIpc) is 2.11. The Labute approximate surface area is 114 Å². The first kappa shape index (κ1) is 15.5. The topological polar surface area (TPSA) is 41.1 Å². The van der Waals surface area contributed by atoms with Gasteiger partial charge in [0.1, 0.15) is 5.82 Å². The molecule has 0 aliphatic carbocycles. The van der Waals surface area contributed by atoms with Crippen LogP contribution in [0.5, 0.6) is 0 Å². The van der Waals surface area contributed by atoms with E-state index in [1.165, 1.54) is 12.1 Å².